The van der Waals surface area contributed by atoms with Crippen molar-refractivity contribution < 1.29 is 28.5 Å². The van der Waals surface area contributed by atoms with Crippen LogP contribution in [-0.2, 0) is 28.5 Å². The highest BCUT2D eigenvalue weighted by Gasteiger charge is 2.68. The second-order valence-electron chi connectivity index (χ2n) is 20.3. The summed E-state index contributed by atoms with van der Waals surface area (Å²) in [7, 11) is 0. The summed E-state index contributed by atoms with van der Waals surface area (Å²) in [5.74, 6) is 5.79. The second-order valence-corrected chi connectivity index (χ2v) is 20.3. The molecule has 0 amide bonds. The smallest absolute Gasteiger partial charge is 0.312 e. The molecule has 12 rings (SSSR count). The van der Waals surface area contributed by atoms with Crippen LogP contribution in [0.1, 0.15) is 155 Å². The van der Waals surface area contributed by atoms with Crippen molar-refractivity contribution in [1.82, 2.24) is 0 Å². The summed E-state index contributed by atoms with van der Waals surface area (Å²) in [6, 6.07) is 0. The quantitative estimate of drug-likeness (QED) is 0.119. The van der Waals surface area contributed by atoms with Crippen LogP contribution in [0.15, 0.2) is 0 Å². The van der Waals surface area contributed by atoms with Gasteiger partial charge in [-0.05, 0) is 151 Å². The Balaban J connectivity index is 0.957. The topological polar surface area (TPSA) is 71.1 Å². The van der Waals surface area contributed by atoms with Crippen molar-refractivity contribution in [2.75, 3.05) is 26.4 Å². The highest BCUT2D eigenvalue weighted by atomic mass is 16.6. The summed E-state index contributed by atoms with van der Waals surface area (Å²) < 4.78 is 27.2. The van der Waals surface area contributed by atoms with Crippen molar-refractivity contribution in [1.29, 1.82) is 0 Å². The molecule has 0 unspecified atom stereocenters. The van der Waals surface area contributed by atoms with Crippen LogP contribution >= 0.6 is 0 Å². The number of rotatable bonds is 16. The minimum absolute atomic E-state index is 0.0250. The number of esters is 2. The molecule has 6 nitrogen and oxygen atoms in total. The van der Waals surface area contributed by atoms with Gasteiger partial charge in [0.1, 0.15) is 11.2 Å². The average Bonchev–Trinajstić information content (AvgIpc) is 3.07. The first-order valence-electron chi connectivity index (χ1n) is 21.9. The summed E-state index contributed by atoms with van der Waals surface area (Å²) in [6.45, 7) is 7.13. The first-order valence-corrected chi connectivity index (χ1v) is 21.9. The number of carbonyl (C=O) groups is 2. The Hall–Kier alpha value is -1.14. The third kappa shape index (κ3) is 5.76. The zero-order chi connectivity index (χ0) is 34.1. The van der Waals surface area contributed by atoms with Gasteiger partial charge in [0, 0.05) is 36.9 Å². The predicted octanol–water partition coefficient (Wildman–Crippen LogP) is 9.46. The van der Waals surface area contributed by atoms with E-state index < -0.39 is 22.0 Å². The van der Waals surface area contributed by atoms with Gasteiger partial charge in [0.2, 0.25) is 0 Å². The zero-order valence-electron chi connectivity index (χ0n) is 31.6. The zero-order valence-corrected chi connectivity index (χ0v) is 31.6. The van der Waals surface area contributed by atoms with Gasteiger partial charge in [-0.25, -0.2) is 0 Å². The fourth-order valence-corrected chi connectivity index (χ4v) is 15.5. The van der Waals surface area contributed by atoms with E-state index in [0.29, 0.717) is 55.1 Å². The van der Waals surface area contributed by atoms with Gasteiger partial charge < -0.3 is 18.9 Å². The summed E-state index contributed by atoms with van der Waals surface area (Å²) in [5, 5.41) is 0. The molecule has 0 heterocycles. The monoisotopic (exact) mass is 693 g/mol. The number of hydrogen-bond acceptors (Lipinski definition) is 6. The molecule has 50 heavy (non-hydrogen) atoms. The van der Waals surface area contributed by atoms with Gasteiger partial charge in [-0.2, -0.15) is 0 Å². The molecule has 6 heteroatoms. The maximum absolute atomic E-state index is 15.0. The summed E-state index contributed by atoms with van der Waals surface area (Å²) in [5.41, 5.74) is -2.07. The number of carbonyl (C=O) groups excluding carboxylic acids is 2. The van der Waals surface area contributed by atoms with Crippen molar-refractivity contribution in [3.63, 3.8) is 0 Å². The lowest BCUT2D eigenvalue weighted by Crippen LogP contribution is -2.66. The molecule has 0 N–H and O–H groups in total. The second kappa shape index (κ2) is 13.3. The Bertz CT molecular complexity index is 1110. The third-order valence-electron chi connectivity index (χ3n) is 17.0. The molecule has 12 saturated carbocycles. The Morgan fingerprint density at radius 2 is 0.820 bits per heavy atom. The van der Waals surface area contributed by atoms with E-state index in [2.05, 4.69) is 13.8 Å². The first-order chi connectivity index (χ1) is 24.3. The molecular formula is C44H68O6. The van der Waals surface area contributed by atoms with E-state index in [4.69, 9.17) is 18.9 Å². The minimum Gasteiger partial charge on any atom is -0.456 e. The maximum atomic E-state index is 15.0. The van der Waals surface area contributed by atoms with Crippen molar-refractivity contribution in [3.8, 4) is 0 Å². The van der Waals surface area contributed by atoms with Gasteiger partial charge >= 0.3 is 11.9 Å². The number of ether oxygens (including phenoxy) is 4. The fraction of sp³-hybridized carbons (Fsp3) is 0.955. The molecule has 0 atom stereocenters. The van der Waals surface area contributed by atoms with Crippen molar-refractivity contribution >= 4 is 11.9 Å². The normalized spacial score (nSPS) is 48.8. The van der Waals surface area contributed by atoms with E-state index >= 15 is 9.59 Å². The lowest BCUT2D eigenvalue weighted by molar-refractivity contribution is -0.253. The highest BCUT2D eigenvalue weighted by molar-refractivity contribution is 5.83. The highest BCUT2D eigenvalue weighted by Crippen LogP contribution is 2.68. The van der Waals surface area contributed by atoms with Gasteiger partial charge in [0.15, 0.2) is 0 Å². The molecule has 280 valence electrons. The van der Waals surface area contributed by atoms with Crippen molar-refractivity contribution in [3.05, 3.63) is 0 Å². The summed E-state index contributed by atoms with van der Waals surface area (Å²) in [4.78, 5) is 30.1. The Kier molecular flexibility index (Phi) is 9.21. The average molecular weight is 693 g/mol. The molecule has 12 aliphatic rings. The van der Waals surface area contributed by atoms with Gasteiger partial charge in [-0.1, -0.05) is 39.5 Å². The van der Waals surface area contributed by atoms with Crippen LogP contribution in [0.25, 0.3) is 0 Å². The van der Waals surface area contributed by atoms with Crippen LogP contribution in [0.2, 0.25) is 0 Å². The molecular weight excluding hydrogens is 624 g/mol. The van der Waals surface area contributed by atoms with E-state index in [-0.39, 0.29) is 11.9 Å². The summed E-state index contributed by atoms with van der Waals surface area (Å²) >= 11 is 0. The lowest BCUT2D eigenvalue weighted by atomic mass is 9.44. The third-order valence-corrected chi connectivity index (χ3v) is 17.0. The van der Waals surface area contributed by atoms with Gasteiger partial charge in [-0.3, -0.25) is 9.59 Å². The number of hydrogen-bond donors (Lipinski definition) is 0. The number of unbranched alkanes of at least 4 members (excludes halogenated alkanes) is 4. The molecule has 12 aliphatic carbocycles. The Labute approximate surface area is 302 Å². The van der Waals surface area contributed by atoms with E-state index in [1.54, 1.807) is 0 Å². The van der Waals surface area contributed by atoms with Crippen LogP contribution in [0, 0.1) is 70.0 Å². The van der Waals surface area contributed by atoms with Crippen LogP contribution in [-0.4, -0.2) is 49.6 Å². The van der Waals surface area contributed by atoms with E-state index in [1.165, 1.54) is 89.9 Å². The molecule has 0 aromatic rings. The standard InChI is InChI=1S/C44H68O6/c1-3-5-7-9-47-27-43(35-14-29-11-30(16-35)17-36(43)15-29)49-39(45)41-22-33-13-34(23-41)25-42(24-33,26-41)40(46)50-44(28-48-10-8-6-4-2)37-18-31-12-32(20-37)21-38(44)19-31/h29-38H,3-28H2,1-2H3. The van der Waals surface area contributed by atoms with Gasteiger partial charge in [0.05, 0.1) is 24.0 Å². The van der Waals surface area contributed by atoms with E-state index in [0.717, 1.165) is 81.8 Å². The van der Waals surface area contributed by atoms with Gasteiger partial charge in [-0.15, -0.1) is 0 Å². The van der Waals surface area contributed by atoms with Crippen LogP contribution in [0.5, 0.6) is 0 Å². The molecule has 0 aromatic heterocycles. The van der Waals surface area contributed by atoms with Gasteiger partial charge in [0.25, 0.3) is 0 Å². The lowest BCUT2D eigenvalue weighted by Gasteiger charge is -2.63. The van der Waals surface area contributed by atoms with Crippen LogP contribution < -0.4 is 0 Å². The molecule has 0 saturated heterocycles. The molecule has 0 aromatic carbocycles. The SMILES string of the molecule is CCCCCOCC1(OC(=O)C23CC4CC(C2)CC(C(=O)OC2(COCCCCC)C5CC6CC(C5)CC2C6)(C4)C3)C2CC3CC(C2)CC1C3. The van der Waals surface area contributed by atoms with E-state index in [9.17, 15) is 0 Å². The predicted molar refractivity (Wildman–Crippen MR) is 192 cm³/mol. The Morgan fingerprint density at radius 3 is 1.16 bits per heavy atom. The molecule has 0 aliphatic heterocycles. The maximum Gasteiger partial charge on any atom is 0.312 e. The molecule has 12 bridgehead atoms. The molecule has 0 spiro atoms. The van der Waals surface area contributed by atoms with E-state index in [1.807, 2.05) is 0 Å². The van der Waals surface area contributed by atoms with Crippen molar-refractivity contribution in [2.24, 2.45) is 70.0 Å². The Morgan fingerprint density at radius 1 is 0.480 bits per heavy atom. The fourth-order valence-electron chi connectivity index (χ4n) is 15.5. The van der Waals surface area contributed by atoms with Crippen LogP contribution in [0.3, 0.4) is 0 Å². The minimum atomic E-state index is -0.555. The first kappa shape index (κ1) is 34.6. The van der Waals surface area contributed by atoms with Crippen LogP contribution in [0.4, 0.5) is 0 Å². The largest absolute Gasteiger partial charge is 0.456 e. The molecule has 0 radical (unpaired) electrons. The molecule has 12 fully saturated rings. The summed E-state index contributed by atoms with van der Waals surface area (Å²) in [6.07, 6.45) is 24.6. The van der Waals surface area contributed by atoms with Crippen molar-refractivity contribution in [2.45, 2.75) is 166 Å².